The predicted molar refractivity (Wildman–Crippen MR) is 137 cm³/mol. The van der Waals surface area contributed by atoms with Gasteiger partial charge in [-0.1, -0.05) is 48.5 Å². The monoisotopic (exact) mass is 467 g/mol. The first-order chi connectivity index (χ1) is 17.0. The average Bonchev–Trinajstić information content (AvgIpc) is 2.85. The molecule has 0 aliphatic rings. The number of nitrogens with zero attached hydrogens (tertiary/aromatic N) is 3. The number of aromatic nitrogens is 3. The van der Waals surface area contributed by atoms with Gasteiger partial charge >= 0.3 is 0 Å². The van der Waals surface area contributed by atoms with Crippen LogP contribution in [-0.4, -0.2) is 32.7 Å². The van der Waals surface area contributed by atoms with E-state index in [-0.39, 0.29) is 17.6 Å². The molecule has 1 heterocycles. The van der Waals surface area contributed by atoms with Crippen molar-refractivity contribution in [1.29, 1.82) is 0 Å². The highest BCUT2D eigenvalue weighted by Crippen LogP contribution is 2.19. The van der Waals surface area contributed by atoms with Gasteiger partial charge in [0.15, 0.2) is 5.78 Å². The fraction of sp³-hybridized carbons (Fsp3) is 0.115. The van der Waals surface area contributed by atoms with E-state index in [1.165, 1.54) is 6.92 Å². The Hall–Kier alpha value is -4.79. The molecule has 0 fully saturated rings. The maximum atomic E-state index is 12.8. The second-order valence-electron chi connectivity index (χ2n) is 7.78. The summed E-state index contributed by atoms with van der Waals surface area (Å²) in [5, 5.41) is 12.2. The highest BCUT2D eigenvalue weighted by molar-refractivity contribution is 5.99. The topological polar surface area (TPSA) is 121 Å². The lowest BCUT2D eigenvalue weighted by molar-refractivity contribution is -0.116. The second-order valence-corrected chi connectivity index (χ2v) is 7.78. The summed E-state index contributed by atoms with van der Waals surface area (Å²) in [4.78, 5) is 37.7. The molecule has 0 spiro atoms. The van der Waals surface area contributed by atoms with E-state index in [1.807, 2.05) is 60.7 Å². The van der Waals surface area contributed by atoms with Crippen LogP contribution in [0.3, 0.4) is 0 Å². The number of benzene rings is 3. The van der Waals surface area contributed by atoms with Gasteiger partial charge in [-0.15, -0.1) is 0 Å². The lowest BCUT2D eigenvalue weighted by Gasteiger charge is -2.16. The van der Waals surface area contributed by atoms with Crippen LogP contribution in [0.2, 0.25) is 0 Å². The molecule has 176 valence electrons. The largest absolute Gasteiger partial charge is 0.342 e. The summed E-state index contributed by atoms with van der Waals surface area (Å²) in [6.45, 7) is 3.18. The molecule has 0 radical (unpaired) electrons. The third kappa shape index (κ3) is 6.61. The van der Waals surface area contributed by atoms with E-state index in [0.717, 1.165) is 11.4 Å². The number of anilines is 6. The van der Waals surface area contributed by atoms with Gasteiger partial charge in [0.1, 0.15) is 6.04 Å². The number of hydrogen-bond donors (Lipinski definition) is 4. The van der Waals surface area contributed by atoms with Crippen molar-refractivity contribution in [3.63, 3.8) is 0 Å². The highest BCUT2D eigenvalue weighted by atomic mass is 16.2. The van der Waals surface area contributed by atoms with Crippen LogP contribution in [0, 0.1) is 0 Å². The zero-order chi connectivity index (χ0) is 24.6. The fourth-order valence-electron chi connectivity index (χ4n) is 3.18. The third-order valence-electron chi connectivity index (χ3n) is 4.97. The summed E-state index contributed by atoms with van der Waals surface area (Å²) in [7, 11) is 0. The summed E-state index contributed by atoms with van der Waals surface area (Å²) in [5.41, 5.74) is 2.68. The van der Waals surface area contributed by atoms with Gasteiger partial charge in [-0.3, -0.25) is 9.59 Å². The van der Waals surface area contributed by atoms with E-state index >= 15 is 0 Å². The zero-order valence-electron chi connectivity index (χ0n) is 19.3. The number of carbonyl (C=O) groups excluding carboxylic acids is 2. The molecule has 1 aromatic heterocycles. The molecule has 0 saturated carbocycles. The molecule has 3 aromatic carbocycles. The summed E-state index contributed by atoms with van der Waals surface area (Å²) in [6.07, 6.45) is 0. The molecule has 0 saturated heterocycles. The Kier molecular flexibility index (Phi) is 7.27. The molecule has 4 N–H and O–H groups in total. The molecular formula is C26H25N7O2. The van der Waals surface area contributed by atoms with Crippen LogP contribution in [0.4, 0.5) is 34.9 Å². The van der Waals surface area contributed by atoms with Crippen LogP contribution in [0.5, 0.6) is 0 Å². The highest BCUT2D eigenvalue weighted by Gasteiger charge is 2.16. The molecule has 9 nitrogen and oxygen atoms in total. The van der Waals surface area contributed by atoms with Crippen LogP contribution < -0.4 is 21.3 Å². The van der Waals surface area contributed by atoms with Crippen molar-refractivity contribution in [3.05, 3.63) is 90.5 Å². The maximum absolute atomic E-state index is 12.8. The molecular weight excluding hydrogens is 442 g/mol. The lowest BCUT2D eigenvalue weighted by Crippen LogP contribution is -2.32. The molecule has 4 aromatic rings. The Balaban J connectivity index is 1.53. The fourth-order valence-corrected chi connectivity index (χ4v) is 3.18. The number of hydrogen-bond acceptors (Lipinski definition) is 8. The predicted octanol–water partition coefficient (Wildman–Crippen LogP) is 5.00. The van der Waals surface area contributed by atoms with Gasteiger partial charge in [0.2, 0.25) is 23.8 Å². The molecule has 0 aliphatic heterocycles. The van der Waals surface area contributed by atoms with Crippen molar-refractivity contribution in [2.45, 2.75) is 19.9 Å². The van der Waals surface area contributed by atoms with Crippen LogP contribution in [-0.2, 0) is 4.79 Å². The first kappa shape index (κ1) is 23.4. The number of nitrogens with one attached hydrogen (secondary N) is 4. The van der Waals surface area contributed by atoms with Gasteiger partial charge in [0.05, 0.1) is 0 Å². The van der Waals surface area contributed by atoms with Gasteiger partial charge < -0.3 is 21.3 Å². The molecule has 0 bridgehead atoms. The standard InChI is InChI=1S/C26H25N7O2/c1-17(23(35)28-22-15-9-10-19(16-22)18(2)34)27-24-31-25(29-20-11-5-3-6-12-20)33-26(32-24)30-21-13-7-4-8-14-21/h3-17H,1-2H3,(H,28,35)(H3,27,29,30,31,32,33)/t17-/m0/s1. The number of para-hydroxylation sites is 2. The summed E-state index contributed by atoms with van der Waals surface area (Å²) >= 11 is 0. The normalized spacial score (nSPS) is 11.3. The number of Topliss-reactive ketones (excluding diaryl/α,β-unsaturated/α-hetero) is 1. The lowest BCUT2D eigenvalue weighted by atomic mass is 10.1. The average molecular weight is 468 g/mol. The van der Waals surface area contributed by atoms with E-state index in [0.29, 0.717) is 23.1 Å². The Bertz CT molecular complexity index is 1250. The van der Waals surface area contributed by atoms with Crippen LogP contribution >= 0.6 is 0 Å². The minimum Gasteiger partial charge on any atom is -0.342 e. The molecule has 4 rings (SSSR count). The Morgan fingerprint density at radius 3 is 1.74 bits per heavy atom. The molecule has 9 heteroatoms. The van der Waals surface area contributed by atoms with E-state index < -0.39 is 6.04 Å². The van der Waals surface area contributed by atoms with E-state index in [1.54, 1.807) is 31.2 Å². The van der Waals surface area contributed by atoms with E-state index in [4.69, 9.17) is 0 Å². The first-order valence-corrected chi connectivity index (χ1v) is 11.0. The number of ketones is 1. The van der Waals surface area contributed by atoms with Gasteiger partial charge in [-0.05, 0) is 50.2 Å². The Morgan fingerprint density at radius 2 is 1.20 bits per heavy atom. The van der Waals surface area contributed by atoms with Gasteiger partial charge in [-0.25, -0.2) is 0 Å². The molecule has 1 amide bonds. The van der Waals surface area contributed by atoms with Crippen LogP contribution in [0.1, 0.15) is 24.2 Å². The van der Waals surface area contributed by atoms with E-state index in [9.17, 15) is 9.59 Å². The Labute approximate surface area is 203 Å². The van der Waals surface area contributed by atoms with Gasteiger partial charge in [-0.2, -0.15) is 15.0 Å². The van der Waals surface area contributed by atoms with Crippen molar-refractivity contribution >= 4 is 46.6 Å². The minimum absolute atomic E-state index is 0.0747. The van der Waals surface area contributed by atoms with Gasteiger partial charge in [0.25, 0.3) is 0 Å². The van der Waals surface area contributed by atoms with Crippen molar-refractivity contribution in [2.24, 2.45) is 0 Å². The van der Waals surface area contributed by atoms with E-state index in [2.05, 4.69) is 36.2 Å². The third-order valence-corrected chi connectivity index (χ3v) is 4.97. The Morgan fingerprint density at radius 1 is 0.686 bits per heavy atom. The number of rotatable bonds is 9. The first-order valence-electron chi connectivity index (χ1n) is 11.0. The van der Waals surface area contributed by atoms with Crippen LogP contribution in [0.15, 0.2) is 84.9 Å². The molecule has 0 unspecified atom stereocenters. The van der Waals surface area contributed by atoms with Crippen molar-refractivity contribution < 1.29 is 9.59 Å². The SMILES string of the molecule is CC(=O)c1cccc(NC(=O)[C@H](C)Nc2nc(Nc3ccccc3)nc(Nc3ccccc3)n2)c1. The maximum Gasteiger partial charge on any atom is 0.246 e. The van der Waals surface area contributed by atoms with Crippen molar-refractivity contribution in [2.75, 3.05) is 21.3 Å². The molecule has 1 atom stereocenters. The minimum atomic E-state index is -0.674. The quantitative estimate of drug-likeness (QED) is 0.254. The van der Waals surface area contributed by atoms with Crippen molar-refractivity contribution in [3.8, 4) is 0 Å². The molecule has 35 heavy (non-hydrogen) atoms. The molecule has 0 aliphatic carbocycles. The summed E-state index contributed by atoms with van der Waals surface area (Å²) in [6, 6.07) is 25.1. The number of carbonyl (C=O) groups is 2. The van der Waals surface area contributed by atoms with Crippen molar-refractivity contribution in [1.82, 2.24) is 15.0 Å². The zero-order valence-corrected chi connectivity index (χ0v) is 19.3. The number of amides is 1. The summed E-state index contributed by atoms with van der Waals surface area (Å²) in [5.74, 6) is 0.468. The van der Waals surface area contributed by atoms with Crippen LogP contribution in [0.25, 0.3) is 0 Å². The smallest absolute Gasteiger partial charge is 0.246 e. The van der Waals surface area contributed by atoms with Gasteiger partial charge in [0, 0.05) is 22.6 Å². The second kappa shape index (κ2) is 10.9. The summed E-state index contributed by atoms with van der Waals surface area (Å²) < 4.78 is 0.